The van der Waals surface area contributed by atoms with Gasteiger partial charge >= 0.3 is 11.9 Å². The van der Waals surface area contributed by atoms with Gasteiger partial charge in [-0.05, 0) is 18.6 Å². The van der Waals surface area contributed by atoms with Gasteiger partial charge in [-0.15, -0.1) is 0 Å². The smallest absolute Gasteiger partial charge is 0.367 e. The van der Waals surface area contributed by atoms with Crippen molar-refractivity contribution < 1.29 is 34.2 Å². The van der Waals surface area contributed by atoms with Crippen molar-refractivity contribution in [1.82, 2.24) is 5.06 Å². The van der Waals surface area contributed by atoms with Crippen molar-refractivity contribution in [2.75, 3.05) is 13.2 Å². The number of carbonyl (C=O) groups excluding carboxylic acids is 2. The number of hydrogen-bond acceptors (Lipinski definition) is 6. The fraction of sp³-hybridized carbons (Fsp3) is 0.250. The first kappa shape index (κ1) is 20.9. The minimum atomic E-state index is -1.72. The summed E-state index contributed by atoms with van der Waals surface area (Å²) < 4.78 is 5.53. The van der Waals surface area contributed by atoms with Crippen molar-refractivity contribution in [2.45, 2.75) is 19.9 Å². The molecule has 0 aliphatic rings. The number of aliphatic hydroxyl groups excluding tert-OH is 1. The number of aliphatic carboxylic acids is 1. The van der Waals surface area contributed by atoms with Gasteiger partial charge < -0.3 is 19.8 Å². The van der Waals surface area contributed by atoms with E-state index < -0.39 is 30.5 Å². The SMILES string of the molecule is CCOc1cccc(-c2ccccc2)c1C(=O)ON(C(C)=O)[C@@H](CO)C(=O)O. The Hall–Kier alpha value is -3.39. The van der Waals surface area contributed by atoms with Gasteiger partial charge in [0.2, 0.25) is 0 Å². The van der Waals surface area contributed by atoms with Crippen LogP contribution in [0.2, 0.25) is 0 Å². The monoisotopic (exact) mass is 387 g/mol. The number of amides is 1. The predicted molar refractivity (Wildman–Crippen MR) is 99.5 cm³/mol. The maximum atomic E-state index is 12.9. The number of hydrogen-bond donors (Lipinski definition) is 2. The molecule has 148 valence electrons. The van der Waals surface area contributed by atoms with Crippen LogP contribution in [0.3, 0.4) is 0 Å². The molecule has 2 rings (SSSR count). The summed E-state index contributed by atoms with van der Waals surface area (Å²) in [5.74, 6) is -3.09. The number of carbonyl (C=O) groups is 3. The Balaban J connectivity index is 2.50. The first-order valence-electron chi connectivity index (χ1n) is 8.57. The van der Waals surface area contributed by atoms with Gasteiger partial charge in [-0.2, -0.15) is 5.06 Å². The summed E-state index contributed by atoms with van der Waals surface area (Å²) in [6.07, 6.45) is 0. The molecule has 1 amide bonds. The van der Waals surface area contributed by atoms with Crippen LogP contribution in [0, 0.1) is 0 Å². The average Bonchev–Trinajstić information content (AvgIpc) is 2.68. The average molecular weight is 387 g/mol. The van der Waals surface area contributed by atoms with Crippen molar-refractivity contribution in [3.63, 3.8) is 0 Å². The standard InChI is InChI=1S/C20H21NO7/c1-3-27-17-11-7-10-15(14-8-5-4-6-9-14)18(17)20(26)28-21(13(2)23)16(12-22)19(24)25/h4-11,16,22H,3,12H2,1-2H3,(H,24,25)/t16-/m0/s1. The lowest BCUT2D eigenvalue weighted by atomic mass is 9.99. The van der Waals surface area contributed by atoms with Crippen molar-refractivity contribution >= 4 is 17.8 Å². The van der Waals surface area contributed by atoms with Crippen LogP contribution in [0.5, 0.6) is 5.75 Å². The molecule has 0 saturated carbocycles. The summed E-state index contributed by atoms with van der Waals surface area (Å²) in [4.78, 5) is 41.1. The lowest BCUT2D eigenvalue weighted by molar-refractivity contribution is -0.188. The zero-order valence-corrected chi connectivity index (χ0v) is 15.5. The van der Waals surface area contributed by atoms with Crippen LogP contribution in [-0.4, -0.2) is 52.4 Å². The van der Waals surface area contributed by atoms with Crippen molar-refractivity contribution in [3.8, 4) is 16.9 Å². The third kappa shape index (κ3) is 4.66. The molecule has 0 radical (unpaired) electrons. The molecular weight excluding hydrogens is 366 g/mol. The Bertz CT molecular complexity index is 851. The number of ether oxygens (including phenoxy) is 1. The van der Waals surface area contributed by atoms with Crippen LogP contribution in [0.15, 0.2) is 48.5 Å². The second-order valence-electron chi connectivity index (χ2n) is 5.74. The van der Waals surface area contributed by atoms with Crippen LogP contribution in [0.25, 0.3) is 11.1 Å². The molecule has 0 aromatic heterocycles. The van der Waals surface area contributed by atoms with E-state index in [2.05, 4.69) is 0 Å². The van der Waals surface area contributed by atoms with Crippen molar-refractivity contribution in [2.24, 2.45) is 0 Å². The quantitative estimate of drug-likeness (QED) is 0.700. The summed E-state index contributed by atoms with van der Waals surface area (Å²) in [5, 5.41) is 18.8. The highest BCUT2D eigenvalue weighted by atomic mass is 16.7. The maximum absolute atomic E-state index is 12.9. The molecule has 1 atom stereocenters. The Morgan fingerprint density at radius 2 is 1.75 bits per heavy atom. The molecule has 2 aromatic rings. The zero-order chi connectivity index (χ0) is 20.7. The van der Waals surface area contributed by atoms with Crippen molar-refractivity contribution in [1.29, 1.82) is 0 Å². The first-order valence-corrected chi connectivity index (χ1v) is 8.57. The van der Waals surface area contributed by atoms with Crippen LogP contribution in [0.1, 0.15) is 24.2 Å². The molecule has 0 heterocycles. The first-order chi connectivity index (χ1) is 13.4. The number of benzene rings is 2. The number of aliphatic hydroxyl groups is 1. The minimum absolute atomic E-state index is 0.0453. The van der Waals surface area contributed by atoms with Gasteiger partial charge in [-0.3, -0.25) is 4.79 Å². The normalized spacial score (nSPS) is 11.4. The van der Waals surface area contributed by atoms with Crippen LogP contribution >= 0.6 is 0 Å². The molecule has 0 fully saturated rings. The Morgan fingerprint density at radius 1 is 1.07 bits per heavy atom. The summed E-state index contributed by atoms with van der Waals surface area (Å²) >= 11 is 0. The molecule has 0 spiro atoms. The Labute approximate surface area is 161 Å². The number of rotatable bonds is 7. The number of carboxylic acids is 1. The number of nitrogens with zero attached hydrogens (tertiary/aromatic N) is 1. The minimum Gasteiger partial charge on any atom is -0.493 e. The van der Waals surface area contributed by atoms with Gasteiger partial charge in [0, 0.05) is 12.5 Å². The molecule has 28 heavy (non-hydrogen) atoms. The molecule has 0 aliphatic carbocycles. The van der Waals surface area contributed by atoms with Crippen LogP contribution in [0.4, 0.5) is 0 Å². The summed E-state index contributed by atoms with van der Waals surface area (Å²) in [6.45, 7) is 2.15. The molecule has 8 heteroatoms. The topological polar surface area (TPSA) is 113 Å². The molecule has 0 aliphatic heterocycles. The highest BCUT2D eigenvalue weighted by Gasteiger charge is 2.33. The van der Waals surface area contributed by atoms with Gasteiger partial charge in [0.1, 0.15) is 11.3 Å². The van der Waals surface area contributed by atoms with Gasteiger partial charge in [0.05, 0.1) is 13.2 Å². The zero-order valence-electron chi connectivity index (χ0n) is 15.5. The highest BCUT2D eigenvalue weighted by Crippen LogP contribution is 2.32. The van der Waals surface area contributed by atoms with E-state index in [1.54, 1.807) is 49.4 Å². The van der Waals surface area contributed by atoms with Gasteiger partial charge in [-0.25, -0.2) is 9.59 Å². The van der Waals surface area contributed by atoms with Gasteiger partial charge in [0.15, 0.2) is 6.04 Å². The predicted octanol–water partition coefficient (Wildman–Crippen LogP) is 2.12. The molecule has 0 saturated heterocycles. The third-order valence-corrected chi connectivity index (χ3v) is 3.85. The Morgan fingerprint density at radius 3 is 2.29 bits per heavy atom. The Kier molecular flexibility index (Phi) is 7.11. The van der Waals surface area contributed by atoms with E-state index in [4.69, 9.17) is 9.57 Å². The van der Waals surface area contributed by atoms with Gasteiger partial charge in [0.25, 0.3) is 5.91 Å². The van der Waals surface area contributed by atoms with E-state index in [0.717, 1.165) is 6.92 Å². The molecule has 2 N–H and O–H groups in total. The second kappa shape index (κ2) is 9.52. The third-order valence-electron chi connectivity index (χ3n) is 3.85. The largest absolute Gasteiger partial charge is 0.493 e. The maximum Gasteiger partial charge on any atom is 0.367 e. The number of hydroxylamine groups is 2. The van der Waals surface area contributed by atoms with E-state index in [-0.39, 0.29) is 17.9 Å². The van der Waals surface area contributed by atoms with E-state index >= 15 is 0 Å². The van der Waals surface area contributed by atoms with E-state index in [9.17, 15) is 24.6 Å². The highest BCUT2D eigenvalue weighted by molar-refractivity contribution is 6.00. The summed E-state index contributed by atoms with van der Waals surface area (Å²) in [5.41, 5.74) is 1.25. The molecule has 2 aromatic carbocycles. The van der Waals surface area contributed by atoms with Crippen LogP contribution in [-0.2, 0) is 14.4 Å². The molecule has 0 unspecified atom stereocenters. The fourth-order valence-corrected chi connectivity index (χ4v) is 2.61. The lowest BCUT2D eigenvalue weighted by Gasteiger charge is -2.25. The lowest BCUT2D eigenvalue weighted by Crippen LogP contribution is -2.47. The molecule has 0 bridgehead atoms. The summed E-state index contributed by atoms with van der Waals surface area (Å²) in [7, 11) is 0. The van der Waals surface area contributed by atoms with Crippen molar-refractivity contribution in [3.05, 3.63) is 54.1 Å². The second-order valence-corrected chi connectivity index (χ2v) is 5.74. The fourth-order valence-electron chi connectivity index (χ4n) is 2.61. The number of carboxylic acid groups (broad SMARTS) is 1. The van der Waals surface area contributed by atoms with E-state index in [1.807, 2.05) is 6.07 Å². The molecule has 8 nitrogen and oxygen atoms in total. The van der Waals surface area contributed by atoms with Crippen LogP contribution < -0.4 is 4.74 Å². The van der Waals surface area contributed by atoms with Gasteiger partial charge in [-0.1, -0.05) is 42.5 Å². The summed E-state index contributed by atoms with van der Waals surface area (Å²) in [6, 6.07) is 12.2. The van der Waals surface area contributed by atoms with E-state index in [0.29, 0.717) is 16.2 Å². The van der Waals surface area contributed by atoms with E-state index in [1.165, 1.54) is 0 Å². The molecular formula is C20H21NO7.